The molecule has 0 fully saturated rings. The molecule has 0 spiro atoms. The molecule has 0 radical (unpaired) electrons. The molecule has 0 aromatic carbocycles. The number of aryl methyl sites for hydroxylation is 1. The van der Waals surface area contributed by atoms with Crippen molar-refractivity contribution >= 4 is 17.2 Å². The molecule has 1 aromatic rings. The Bertz CT molecular complexity index is 495. The lowest BCUT2D eigenvalue weighted by Gasteiger charge is -2.26. The molecular formula is C17H26N2OS. The molecule has 1 rings (SSSR count). The molecule has 1 amide bonds. The molecule has 0 aliphatic heterocycles. The van der Waals surface area contributed by atoms with Crippen molar-refractivity contribution in [2.45, 2.75) is 65.8 Å². The normalized spacial score (nSPS) is 12.7. The Kier molecular flexibility index (Phi) is 6.91. The Morgan fingerprint density at radius 2 is 2.00 bits per heavy atom. The topological polar surface area (TPSA) is 52.9 Å². The molecule has 0 bridgehead atoms. The van der Waals surface area contributed by atoms with E-state index in [0.29, 0.717) is 12.8 Å². The smallest absolute Gasteiger partial charge is 0.240 e. The first-order chi connectivity index (χ1) is 9.97. The van der Waals surface area contributed by atoms with Crippen molar-refractivity contribution in [3.63, 3.8) is 0 Å². The summed E-state index contributed by atoms with van der Waals surface area (Å²) < 4.78 is 0. The third-order valence-electron chi connectivity index (χ3n) is 3.68. The van der Waals surface area contributed by atoms with Gasteiger partial charge < -0.3 is 5.32 Å². The molecule has 1 atom stereocenters. The van der Waals surface area contributed by atoms with Crippen LogP contribution >= 0.6 is 11.3 Å². The van der Waals surface area contributed by atoms with E-state index in [-0.39, 0.29) is 11.9 Å². The third kappa shape index (κ3) is 4.86. The van der Waals surface area contributed by atoms with Gasteiger partial charge in [0, 0.05) is 22.2 Å². The van der Waals surface area contributed by atoms with Gasteiger partial charge in [-0.15, -0.1) is 11.3 Å². The zero-order chi connectivity index (χ0) is 15.9. The Balaban J connectivity index is 2.70. The van der Waals surface area contributed by atoms with Crippen LogP contribution < -0.4 is 5.32 Å². The number of carbonyl (C=O) groups excluding carboxylic acids is 1. The van der Waals surface area contributed by atoms with E-state index < -0.39 is 5.41 Å². The molecule has 1 heterocycles. The van der Waals surface area contributed by atoms with E-state index >= 15 is 0 Å². The van der Waals surface area contributed by atoms with Crippen LogP contribution in [-0.4, -0.2) is 11.9 Å². The molecule has 1 unspecified atom stereocenters. The van der Waals surface area contributed by atoms with E-state index in [2.05, 4.69) is 30.4 Å². The van der Waals surface area contributed by atoms with Gasteiger partial charge in [-0.1, -0.05) is 26.7 Å². The summed E-state index contributed by atoms with van der Waals surface area (Å²) in [6.07, 6.45) is 3.78. The summed E-state index contributed by atoms with van der Waals surface area (Å²) in [7, 11) is 0. The Morgan fingerprint density at radius 1 is 1.38 bits per heavy atom. The Hall–Kier alpha value is -1.34. The van der Waals surface area contributed by atoms with Gasteiger partial charge in [-0.2, -0.15) is 5.26 Å². The van der Waals surface area contributed by atoms with Gasteiger partial charge in [0.25, 0.3) is 0 Å². The number of nitrogens with zero attached hydrogens (tertiary/aromatic N) is 1. The molecule has 4 heteroatoms. The van der Waals surface area contributed by atoms with Gasteiger partial charge in [0.1, 0.15) is 5.41 Å². The highest BCUT2D eigenvalue weighted by atomic mass is 32.1. The number of thiophene rings is 1. The van der Waals surface area contributed by atoms with Crippen molar-refractivity contribution in [1.82, 2.24) is 5.32 Å². The monoisotopic (exact) mass is 306 g/mol. The lowest BCUT2D eigenvalue weighted by molar-refractivity contribution is -0.129. The van der Waals surface area contributed by atoms with Crippen molar-refractivity contribution < 1.29 is 4.79 Å². The predicted molar refractivity (Wildman–Crippen MR) is 88.2 cm³/mol. The highest BCUT2D eigenvalue weighted by Gasteiger charge is 2.37. The highest BCUT2D eigenvalue weighted by Crippen LogP contribution is 2.29. The summed E-state index contributed by atoms with van der Waals surface area (Å²) in [5.74, 6) is -0.102. The van der Waals surface area contributed by atoms with Crippen LogP contribution in [0, 0.1) is 23.7 Å². The molecule has 21 heavy (non-hydrogen) atoms. The number of amides is 1. The summed E-state index contributed by atoms with van der Waals surface area (Å²) in [5, 5.41) is 12.6. The molecular weight excluding hydrogens is 280 g/mol. The lowest BCUT2D eigenvalue weighted by atomic mass is 9.79. The second-order valence-corrected chi connectivity index (χ2v) is 7.16. The second kappa shape index (κ2) is 8.19. The van der Waals surface area contributed by atoms with Gasteiger partial charge in [0.15, 0.2) is 0 Å². The summed E-state index contributed by atoms with van der Waals surface area (Å²) in [5.41, 5.74) is -0.858. The van der Waals surface area contributed by atoms with Crippen LogP contribution in [0.5, 0.6) is 0 Å². The fourth-order valence-electron chi connectivity index (χ4n) is 2.68. The minimum atomic E-state index is -0.858. The van der Waals surface area contributed by atoms with Gasteiger partial charge >= 0.3 is 0 Å². The summed E-state index contributed by atoms with van der Waals surface area (Å²) in [6.45, 7) is 8.13. The average molecular weight is 306 g/mol. The Morgan fingerprint density at radius 3 is 2.43 bits per heavy atom. The Labute approximate surface area is 132 Å². The number of nitriles is 1. The molecule has 0 saturated carbocycles. The number of hydrogen-bond acceptors (Lipinski definition) is 3. The first-order valence-electron chi connectivity index (χ1n) is 7.75. The minimum absolute atomic E-state index is 0.0528. The van der Waals surface area contributed by atoms with E-state index in [1.54, 1.807) is 11.3 Å². The maximum Gasteiger partial charge on any atom is 0.240 e. The van der Waals surface area contributed by atoms with Gasteiger partial charge in [-0.25, -0.2) is 0 Å². The summed E-state index contributed by atoms with van der Waals surface area (Å²) >= 11 is 1.76. The van der Waals surface area contributed by atoms with Crippen molar-refractivity contribution in [2.75, 3.05) is 0 Å². The van der Waals surface area contributed by atoms with Crippen LogP contribution in [0.25, 0.3) is 0 Å². The zero-order valence-electron chi connectivity index (χ0n) is 13.5. The van der Waals surface area contributed by atoms with Crippen LogP contribution in [0.3, 0.4) is 0 Å². The molecule has 1 N–H and O–H groups in total. The maximum absolute atomic E-state index is 12.6. The summed E-state index contributed by atoms with van der Waals surface area (Å²) in [4.78, 5) is 15.1. The SMILES string of the molecule is CCCC(C#N)(CCC)C(=O)NC(C)Cc1ccc(C)s1. The molecule has 0 aliphatic rings. The molecule has 0 saturated heterocycles. The summed E-state index contributed by atoms with van der Waals surface area (Å²) in [6, 6.07) is 6.54. The first kappa shape index (κ1) is 17.7. The predicted octanol–water partition coefficient (Wildman–Crippen LogP) is 4.21. The van der Waals surface area contributed by atoms with Crippen LogP contribution in [0.2, 0.25) is 0 Å². The van der Waals surface area contributed by atoms with E-state index in [0.717, 1.165) is 19.3 Å². The van der Waals surface area contributed by atoms with Crippen LogP contribution in [0.1, 0.15) is 56.2 Å². The lowest BCUT2D eigenvalue weighted by Crippen LogP contribution is -2.44. The fourth-order valence-corrected chi connectivity index (χ4v) is 3.70. The fraction of sp³-hybridized carbons (Fsp3) is 0.647. The van der Waals surface area contributed by atoms with Crippen molar-refractivity contribution in [2.24, 2.45) is 5.41 Å². The van der Waals surface area contributed by atoms with Gasteiger partial charge in [0.05, 0.1) is 6.07 Å². The van der Waals surface area contributed by atoms with Gasteiger partial charge in [-0.05, 0) is 38.8 Å². The molecule has 0 aliphatic carbocycles. The van der Waals surface area contributed by atoms with Crippen LogP contribution in [0.4, 0.5) is 0 Å². The van der Waals surface area contributed by atoms with Gasteiger partial charge in [-0.3, -0.25) is 4.79 Å². The largest absolute Gasteiger partial charge is 0.352 e. The number of hydrogen-bond donors (Lipinski definition) is 1. The van der Waals surface area contributed by atoms with E-state index in [9.17, 15) is 10.1 Å². The zero-order valence-corrected chi connectivity index (χ0v) is 14.3. The van der Waals surface area contributed by atoms with Crippen LogP contribution in [-0.2, 0) is 11.2 Å². The highest BCUT2D eigenvalue weighted by molar-refractivity contribution is 7.11. The quantitative estimate of drug-likeness (QED) is 0.782. The number of nitrogens with one attached hydrogen (secondary N) is 1. The van der Waals surface area contributed by atoms with Crippen molar-refractivity contribution in [3.8, 4) is 6.07 Å². The van der Waals surface area contributed by atoms with Crippen molar-refractivity contribution in [3.05, 3.63) is 21.9 Å². The van der Waals surface area contributed by atoms with E-state index in [1.807, 2.05) is 20.8 Å². The standard InChI is InChI=1S/C17H26N2OS/c1-5-9-17(12-18,10-6-2)16(20)19-13(3)11-15-8-7-14(4)21-15/h7-8,13H,5-6,9-11H2,1-4H3,(H,19,20). The molecule has 116 valence electrons. The van der Waals surface area contributed by atoms with Gasteiger partial charge in [0.2, 0.25) is 5.91 Å². The number of carbonyl (C=O) groups is 1. The molecule has 1 aromatic heterocycles. The maximum atomic E-state index is 12.6. The van der Waals surface area contributed by atoms with E-state index in [1.165, 1.54) is 9.75 Å². The van der Waals surface area contributed by atoms with Crippen molar-refractivity contribution in [1.29, 1.82) is 5.26 Å². The second-order valence-electron chi connectivity index (χ2n) is 5.78. The van der Waals surface area contributed by atoms with E-state index in [4.69, 9.17) is 0 Å². The average Bonchev–Trinajstić information content (AvgIpc) is 2.83. The third-order valence-corrected chi connectivity index (χ3v) is 4.71. The molecule has 3 nitrogen and oxygen atoms in total. The van der Waals surface area contributed by atoms with Crippen LogP contribution in [0.15, 0.2) is 12.1 Å². The number of rotatable bonds is 8. The first-order valence-corrected chi connectivity index (χ1v) is 8.56. The minimum Gasteiger partial charge on any atom is -0.352 e.